The van der Waals surface area contributed by atoms with Gasteiger partial charge in [-0.1, -0.05) is 29.8 Å². The van der Waals surface area contributed by atoms with Crippen LogP contribution in [0, 0.1) is 6.92 Å². The first-order valence-corrected chi connectivity index (χ1v) is 10.1. The third-order valence-electron chi connectivity index (χ3n) is 3.96. The average Bonchev–Trinajstić information content (AvgIpc) is 2.66. The van der Waals surface area contributed by atoms with E-state index < -0.39 is 22.5 Å². The van der Waals surface area contributed by atoms with Crippen LogP contribution in [-0.4, -0.2) is 51.3 Å². The lowest BCUT2D eigenvalue weighted by Gasteiger charge is -2.16. The van der Waals surface area contributed by atoms with Crippen molar-refractivity contribution in [2.45, 2.75) is 18.7 Å². The number of benzene rings is 2. The highest BCUT2D eigenvalue weighted by Gasteiger charge is 2.23. The van der Waals surface area contributed by atoms with Crippen molar-refractivity contribution in [1.82, 2.24) is 4.31 Å². The van der Waals surface area contributed by atoms with E-state index in [-0.39, 0.29) is 23.9 Å². The molecule has 150 valence electrons. The minimum atomic E-state index is -3.86. The van der Waals surface area contributed by atoms with Gasteiger partial charge in [-0.3, -0.25) is 9.59 Å². The van der Waals surface area contributed by atoms with Crippen LogP contribution in [0.5, 0.6) is 5.75 Å². The van der Waals surface area contributed by atoms with E-state index in [1.807, 2.05) is 31.2 Å². The second-order valence-corrected chi connectivity index (χ2v) is 8.27. The van der Waals surface area contributed by atoms with Gasteiger partial charge >= 0.3 is 5.97 Å². The van der Waals surface area contributed by atoms with Gasteiger partial charge in [-0.25, -0.2) is 8.42 Å². The zero-order valence-electron chi connectivity index (χ0n) is 16.0. The largest absolute Gasteiger partial charge is 0.490 e. The Morgan fingerprint density at radius 1 is 0.964 bits per heavy atom. The molecule has 8 heteroatoms. The zero-order chi connectivity index (χ0) is 20.7. The monoisotopic (exact) mass is 405 g/mol. The van der Waals surface area contributed by atoms with Crippen molar-refractivity contribution < 1.29 is 27.5 Å². The summed E-state index contributed by atoms with van der Waals surface area (Å²) in [5.41, 5.74) is 1.52. The van der Waals surface area contributed by atoms with Crippen LogP contribution in [0.3, 0.4) is 0 Å². The molecule has 0 aliphatic rings. The first-order chi connectivity index (χ1) is 13.2. The predicted molar refractivity (Wildman–Crippen MR) is 104 cm³/mol. The summed E-state index contributed by atoms with van der Waals surface area (Å²) >= 11 is 0. The molecule has 0 radical (unpaired) electrons. The lowest BCUT2D eigenvalue weighted by molar-refractivity contribution is -0.144. The summed E-state index contributed by atoms with van der Waals surface area (Å²) in [4.78, 5) is 23.2. The Balaban J connectivity index is 1.83. The number of sulfonamides is 1. The van der Waals surface area contributed by atoms with Crippen molar-refractivity contribution in [2.24, 2.45) is 0 Å². The minimum absolute atomic E-state index is 0.00416. The number of aryl methyl sites for hydroxylation is 1. The van der Waals surface area contributed by atoms with Gasteiger partial charge in [0.15, 0.2) is 5.78 Å². The number of hydrogen-bond acceptors (Lipinski definition) is 6. The quantitative estimate of drug-likeness (QED) is 0.362. The minimum Gasteiger partial charge on any atom is -0.490 e. The van der Waals surface area contributed by atoms with Crippen molar-refractivity contribution in [1.29, 1.82) is 0 Å². The molecular weight excluding hydrogens is 382 g/mol. The molecule has 0 aliphatic heterocycles. The first-order valence-electron chi connectivity index (χ1n) is 8.62. The SMILES string of the molecule is CC(=O)c1ccc(S(=O)(=O)N(C)CC(=O)OCCOc2ccc(C)cc2)cc1. The fourth-order valence-electron chi connectivity index (χ4n) is 2.30. The predicted octanol–water partition coefficient (Wildman–Crippen LogP) is 2.44. The highest BCUT2D eigenvalue weighted by molar-refractivity contribution is 7.89. The molecule has 28 heavy (non-hydrogen) atoms. The molecule has 0 saturated heterocycles. The maximum Gasteiger partial charge on any atom is 0.321 e. The molecule has 0 aliphatic carbocycles. The van der Waals surface area contributed by atoms with Crippen LogP contribution in [0.15, 0.2) is 53.4 Å². The van der Waals surface area contributed by atoms with Gasteiger partial charge in [-0.05, 0) is 38.1 Å². The molecule has 0 spiro atoms. The molecule has 0 aromatic heterocycles. The van der Waals surface area contributed by atoms with E-state index in [9.17, 15) is 18.0 Å². The van der Waals surface area contributed by atoms with E-state index in [4.69, 9.17) is 9.47 Å². The molecule has 0 atom stereocenters. The summed E-state index contributed by atoms with van der Waals surface area (Å²) in [6.07, 6.45) is 0. The molecule has 0 unspecified atom stereocenters. The van der Waals surface area contributed by atoms with E-state index >= 15 is 0 Å². The summed E-state index contributed by atoms with van der Waals surface area (Å²) in [7, 11) is -2.57. The van der Waals surface area contributed by atoms with Crippen LogP contribution in [0.2, 0.25) is 0 Å². The fourth-order valence-corrected chi connectivity index (χ4v) is 3.42. The number of esters is 1. The first kappa shape index (κ1) is 21.6. The van der Waals surface area contributed by atoms with Crippen molar-refractivity contribution in [3.8, 4) is 5.75 Å². The van der Waals surface area contributed by atoms with Crippen molar-refractivity contribution >= 4 is 21.8 Å². The number of ether oxygens (including phenoxy) is 2. The molecule has 2 aromatic carbocycles. The van der Waals surface area contributed by atoms with Crippen molar-refractivity contribution in [3.63, 3.8) is 0 Å². The van der Waals surface area contributed by atoms with Gasteiger partial charge in [-0.15, -0.1) is 0 Å². The fraction of sp³-hybridized carbons (Fsp3) is 0.300. The number of ketones is 1. The molecule has 0 fully saturated rings. The summed E-state index contributed by atoms with van der Waals surface area (Å²) in [6.45, 7) is 3.11. The lowest BCUT2D eigenvalue weighted by Crippen LogP contribution is -2.33. The Hall–Kier alpha value is -2.71. The van der Waals surface area contributed by atoms with Crippen LogP contribution in [-0.2, 0) is 19.6 Å². The molecule has 0 N–H and O–H groups in total. The van der Waals surface area contributed by atoms with Crippen molar-refractivity contribution in [2.75, 3.05) is 26.8 Å². The van der Waals surface area contributed by atoms with E-state index in [1.54, 1.807) is 0 Å². The number of Topliss-reactive ketones (excluding diaryl/α,β-unsaturated/α-hetero) is 1. The Morgan fingerprint density at radius 2 is 1.57 bits per heavy atom. The third-order valence-corrected chi connectivity index (χ3v) is 5.77. The molecule has 0 amide bonds. The number of nitrogens with zero attached hydrogens (tertiary/aromatic N) is 1. The van der Waals surface area contributed by atoms with E-state index in [0.717, 1.165) is 9.87 Å². The van der Waals surface area contributed by atoms with Crippen LogP contribution in [0.25, 0.3) is 0 Å². The highest BCUT2D eigenvalue weighted by atomic mass is 32.2. The summed E-state index contributed by atoms with van der Waals surface area (Å²) < 4.78 is 36.4. The average molecular weight is 405 g/mol. The Kier molecular flexibility index (Phi) is 7.31. The van der Waals surface area contributed by atoms with Gasteiger partial charge in [0.25, 0.3) is 0 Å². The topological polar surface area (TPSA) is 90.0 Å². The maximum absolute atomic E-state index is 12.5. The van der Waals surface area contributed by atoms with E-state index in [0.29, 0.717) is 11.3 Å². The van der Waals surface area contributed by atoms with Gasteiger partial charge in [-0.2, -0.15) is 4.31 Å². The Morgan fingerprint density at radius 3 is 2.14 bits per heavy atom. The normalized spacial score (nSPS) is 11.3. The van der Waals surface area contributed by atoms with Gasteiger partial charge < -0.3 is 9.47 Å². The Labute approximate surface area is 164 Å². The molecule has 0 saturated carbocycles. The van der Waals surface area contributed by atoms with Crippen LogP contribution in [0.1, 0.15) is 22.8 Å². The van der Waals surface area contributed by atoms with Gasteiger partial charge in [0.05, 0.1) is 4.90 Å². The number of carbonyl (C=O) groups excluding carboxylic acids is 2. The molecule has 7 nitrogen and oxygen atoms in total. The second-order valence-electron chi connectivity index (χ2n) is 6.22. The van der Waals surface area contributed by atoms with Crippen LogP contribution < -0.4 is 4.74 Å². The van der Waals surface area contributed by atoms with E-state index in [2.05, 4.69) is 0 Å². The third kappa shape index (κ3) is 5.90. The summed E-state index contributed by atoms with van der Waals surface area (Å²) in [5, 5.41) is 0. The van der Waals surface area contributed by atoms with E-state index in [1.165, 1.54) is 38.2 Å². The summed E-state index contributed by atoms with van der Waals surface area (Å²) in [6, 6.07) is 13.0. The highest BCUT2D eigenvalue weighted by Crippen LogP contribution is 2.15. The van der Waals surface area contributed by atoms with Gasteiger partial charge in [0.1, 0.15) is 25.5 Å². The maximum atomic E-state index is 12.5. The number of likely N-dealkylation sites (N-methyl/N-ethyl adjacent to an activating group) is 1. The smallest absolute Gasteiger partial charge is 0.321 e. The molecular formula is C20H23NO6S. The standard InChI is InChI=1S/C20H23NO6S/c1-15-4-8-18(9-5-15)26-12-13-27-20(23)14-21(3)28(24,25)19-10-6-17(7-11-19)16(2)22/h4-11H,12-14H2,1-3H3. The van der Waals surface area contributed by atoms with Crippen LogP contribution in [0.4, 0.5) is 0 Å². The van der Waals surface area contributed by atoms with Gasteiger partial charge in [0.2, 0.25) is 10.0 Å². The summed E-state index contributed by atoms with van der Waals surface area (Å²) in [5.74, 6) is -0.178. The van der Waals surface area contributed by atoms with Crippen molar-refractivity contribution in [3.05, 3.63) is 59.7 Å². The Bertz CT molecular complexity index is 920. The lowest BCUT2D eigenvalue weighted by atomic mass is 10.2. The van der Waals surface area contributed by atoms with Crippen LogP contribution >= 0.6 is 0 Å². The number of hydrogen-bond donors (Lipinski definition) is 0. The number of rotatable bonds is 9. The molecule has 0 bridgehead atoms. The number of carbonyl (C=O) groups is 2. The van der Waals surface area contributed by atoms with Gasteiger partial charge in [0, 0.05) is 12.6 Å². The molecule has 0 heterocycles. The second kappa shape index (κ2) is 9.48. The zero-order valence-corrected chi connectivity index (χ0v) is 16.9. The molecule has 2 aromatic rings. The molecule has 2 rings (SSSR count).